The number of aryl methyl sites for hydroxylation is 1. The van der Waals surface area contributed by atoms with Crippen LogP contribution in [-0.2, 0) is 6.42 Å². The van der Waals surface area contributed by atoms with Crippen LogP contribution < -0.4 is 0 Å². The Balaban J connectivity index is 1.98. The van der Waals surface area contributed by atoms with E-state index in [1.807, 2.05) is 0 Å². The van der Waals surface area contributed by atoms with Gasteiger partial charge in [0.1, 0.15) is 0 Å². The van der Waals surface area contributed by atoms with Crippen LogP contribution in [0.15, 0.2) is 78.9 Å². The maximum atomic E-state index is 2.26. The van der Waals surface area contributed by atoms with Crippen molar-refractivity contribution in [2.45, 2.75) is 13.3 Å². The zero-order chi connectivity index (χ0) is 13.8. The molecule has 0 radical (unpaired) electrons. The smallest absolute Gasteiger partial charge is 0.0178 e. The Labute approximate surface area is 120 Å². The van der Waals surface area contributed by atoms with E-state index in [0.717, 1.165) is 6.42 Å². The fourth-order valence-corrected chi connectivity index (χ4v) is 2.44. The highest BCUT2D eigenvalue weighted by Gasteiger charge is 2.01. The summed E-state index contributed by atoms with van der Waals surface area (Å²) in [4.78, 5) is 0. The number of benzene rings is 3. The molecule has 0 aromatic heterocycles. The summed E-state index contributed by atoms with van der Waals surface area (Å²) in [5.74, 6) is 0. The number of rotatable bonds is 3. The fraction of sp³-hybridized carbons (Fsp3) is 0.100. The van der Waals surface area contributed by atoms with Crippen molar-refractivity contribution in [2.75, 3.05) is 0 Å². The van der Waals surface area contributed by atoms with Crippen molar-refractivity contribution in [1.29, 1.82) is 0 Å². The van der Waals surface area contributed by atoms with Crippen LogP contribution in [0.5, 0.6) is 0 Å². The molecule has 3 aromatic carbocycles. The summed E-state index contributed by atoms with van der Waals surface area (Å²) in [7, 11) is 0. The molecule has 0 saturated heterocycles. The van der Waals surface area contributed by atoms with Crippen LogP contribution in [0.3, 0.4) is 0 Å². The maximum Gasteiger partial charge on any atom is -0.0178 e. The van der Waals surface area contributed by atoms with Gasteiger partial charge in [-0.1, -0.05) is 79.7 Å². The van der Waals surface area contributed by atoms with Crippen molar-refractivity contribution in [1.82, 2.24) is 0 Å². The van der Waals surface area contributed by atoms with E-state index in [1.165, 1.54) is 27.8 Å². The summed E-state index contributed by atoms with van der Waals surface area (Å²) in [6.07, 6.45) is 1.09. The molecular weight excluding hydrogens is 240 g/mol. The minimum atomic E-state index is 1.09. The average molecular weight is 258 g/mol. The second-order valence-electron chi connectivity index (χ2n) is 5.00. The first-order valence-electron chi connectivity index (χ1n) is 7.11. The summed E-state index contributed by atoms with van der Waals surface area (Å²) in [6, 6.07) is 28.1. The Morgan fingerprint density at radius 2 is 1.10 bits per heavy atom. The third kappa shape index (κ3) is 2.65. The lowest BCUT2D eigenvalue weighted by atomic mass is 9.98. The Morgan fingerprint density at radius 1 is 0.550 bits per heavy atom. The van der Waals surface area contributed by atoms with Gasteiger partial charge in [0.15, 0.2) is 0 Å². The lowest BCUT2D eigenvalue weighted by molar-refractivity contribution is 1.14. The van der Waals surface area contributed by atoms with Crippen LogP contribution in [0.25, 0.3) is 22.3 Å². The first-order chi connectivity index (χ1) is 9.86. The summed E-state index contributed by atoms with van der Waals surface area (Å²) in [5, 5.41) is 0. The van der Waals surface area contributed by atoms with Gasteiger partial charge in [-0.25, -0.2) is 0 Å². The molecule has 0 unspecified atom stereocenters. The van der Waals surface area contributed by atoms with Crippen LogP contribution in [0, 0.1) is 0 Å². The maximum absolute atomic E-state index is 2.26. The van der Waals surface area contributed by atoms with Gasteiger partial charge < -0.3 is 0 Å². The summed E-state index contributed by atoms with van der Waals surface area (Å²) in [5.41, 5.74) is 6.46. The Hall–Kier alpha value is -2.34. The van der Waals surface area contributed by atoms with Crippen LogP contribution >= 0.6 is 0 Å². The quantitative estimate of drug-likeness (QED) is 0.575. The molecule has 0 bridgehead atoms. The zero-order valence-corrected chi connectivity index (χ0v) is 11.7. The summed E-state index contributed by atoms with van der Waals surface area (Å²) < 4.78 is 0. The van der Waals surface area contributed by atoms with E-state index in [0.29, 0.717) is 0 Å². The topological polar surface area (TPSA) is 0 Å². The van der Waals surface area contributed by atoms with Gasteiger partial charge in [0.2, 0.25) is 0 Å². The zero-order valence-electron chi connectivity index (χ0n) is 11.7. The van der Waals surface area contributed by atoms with Gasteiger partial charge in [-0.2, -0.15) is 0 Å². The van der Waals surface area contributed by atoms with E-state index in [4.69, 9.17) is 0 Å². The van der Waals surface area contributed by atoms with E-state index < -0.39 is 0 Å². The molecule has 0 nitrogen and oxygen atoms in total. The van der Waals surface area contributed by atoms with E-state index in [2.05, 4.69) is 85.8 Å². The molecule has 0 amide bonds. The van der Waals surface area contributed by atoms with Crippen LogP contribution in [0.4, 0.5) is 0 Å². The normalized spacial score (nSPS) is 10.4. The van der Waals surface area contributed by atoms with Crippen molar-refractivity contribution in [3.05, 3.63) is 84.4 Å². The number of hydrogen-bond donors (Lipinski definition) is 0. The largest absolute Gasteiger partial charge is 0.0622 e. The van der Waals surface area contributed by atoms with Gasteiger partial charge in [-0.15, -0.1) is 0 Å². The van der Waals surface area contributed by atoms with Gasteiger partial charge in [0.25, 0.3) is 0 Å². The first kappa shape index (κ1) is 12.7. The molecule has 3 aromatic rings. The summed E-state index contributed by atoms with van der Waals surface area (Å²) in [6.45, 7) is 2.19. The monoisotopic (exact) mass is 258 g/mol. The average Bonchev–Trinajstić information content (AvgIpc) is 2.56. The molecule has 0 heteroatoms. The highest BCUT2D eigenvalue weighted by molar-refractivity contribution is 5.73. The molecular formula is C20H18. The molecule has 0 aliphatic heterocycles. The van der Waals surface area contributed by atoms with Gasteiger partial charge in [-0.05, 0) is 40.3 Å². The Morgan fingerprint density at radius 3 is 1.70 bits per heavy atom. The lowest BCUT2D eigenvalue weighted by Gasteiger charge is -2.07. The van der Waals surface area contributed by atoms with E-state index >= 15 is 0 Å². The third-order valence-electron chi connectivity index (χ3n) is 3.67. The van der Waals surface area contributed by atoms with Crippen molar-refractivity contribution in [2.24, 2.45) is 0 Å². The van der Waals surface area contributed by atoms with E-state index in [9.17, 15) is 0 Å². The molecule has 0 aliphatic rings. The molecule has 0 spiro atoms. The fourth-order valence-electron chi connectivity index (χ4n) is 2.44. The van der Waals surface area contributed by atoms with Gasteiger partial charge in [-0.3, -0.25) is 0 Å². The van der Waals surface area contributed by atoms with Gasteiger partial charge in [0.05, 0.1) is 0 Å². The highest BCUT2D eigenvalue weighted by Crippen LogP contribution is 2.26. The van der Waals surface area contributed by atoms with Crippen molar-refractivity contribution in [3.63, 3.8) is 0 Å². The predicted molar refractivity (Wildman–Crippen MR) is 86.7 cm³/mol. The molecule has 98 valence electrons. The molecule has 0 atom stereocenters. The van der Waals surface area contributed by atoms with Crippen molar-refractivity contribution >= 4 is 0 Å². The van der Waals surface area contributed by atoms with Gasteiger partial charge in [0, 0.05) is 0 Å². The third-order valence-corrected chi connectivity index (χ3v) is 3.67. The van der Waals surface area contributed by atoms with Crippen molar-refractivity contribution in [3.8, 4) is 22.3 Å². The molecule has 3 rings (SSSR count). The lowest BCUT2D eigenvalue weighted by Crippen LogP contribution is -1.83. The molecule has 0 heterocycles. The molecule has 0 saturated carbocycles. The SMILES string of the molecule is CCc1ccc(-c2cccc(-c3ccccc3)c2)cc1. The van der Waals surface area contributed by atoms with Gasteiger partial charge >= 0.3 is 0 Å². The second-order valence-corrected chi connectivity index (χ2v) is 5.00. The minimum absolute atomic E-state index is 1.09. The molecule has 0 aliphatic carbocycles. The van der Waals surface area contributed by atoms with Crippen LogP contribution in [-0.4, -0.2) is 0 Å². The molecule has 20 heavy (non-hydrogen) atoms. The second kappa shape index (κ2) is 5.75. The van der Waals surface area contributed by atoms with E-state index in [-0.39, 0.29) is 0 Å². The molecule has 0 N–H and O–H groups in total. The molecule has 0 fully saturated rings. The highest BCUT2D eigenvalue weighted by atomic mass is 14.1. The predicted octanol–water partition coefficient (Wildman–Crippen LogP) is 5.58. The first-order valence-corrected chi connectivity index (χ1v) is 7.11. The summed E-state index contributed by atoms with van der Waals surface area (Å²) >= 11 is 0. The minimum Gasteiger partial charge on any atom is -0.0622 e. The van der Waals surface area contributed by atoms with Crippen LogP contribution in [0.2, 0.25) is 0 Å². The Kier molecular flexibility index (Phi) is 3.64. The standard InChI is InChI=1S/C20H18/c1-2-16-11-13-18(14-12-16)20-10-6-9-19(15-20)17-7-4-3-5-8-17/h3-15H,2H2,1H3. The Bertz CT molecular complexity index is 679. The number of hydrogen-bond acceptors (Lipinski definition) is 0. The van der Waals surface area contributed by atoms with E-state index in [1.54, 1.807) is 0 Å². The van der Waals surface area contributed by atoms with Crippen molar-refractivity contribution < 1.29 is 0 Å². The van der Waals surface area contributed by atoms with Crippen LogP contribution in [0.1, 0.15) is 12.5 Å².